The Morgan fingerprint density at radius 1 is 1.33 bits per heavy atom. The first kappa shape index (κ1) is 12.7. The fourth-order valence-corrected chi connectivity index (χ4v) is 2.12. The van der Waals surface area contributed by atoms with Crippen molar-refractivity contribution in [2.45, 2.75) is 25.3 Å². The van der Waals surface area contributed by atoms with Gasteiger partial charge in [-0.15, -0.1) is 0 Å². The number of nitrogens with zero attached hydrogens (tertiary/aromatic N) is 1. The third kappa shape index (κ3) is 3.94. The number of nitriles is 1. The van der Waals surface area contributed by atoms with E-state index in [2.05, 4.69) is 10.6 Å². The van der Waals surface area contributed by atoms with Gasteiger partial charge in [0, 0.05) is 18.3 Å². The SMILES string of the molecule is N#CCOc1ccc(NCC2CCCCN2)cc1. The van der Waals surface area contributed by atoms with Crippen molar-refractivity contribution in [2.24, 2.45) is 0 Å². The first-order valence-corrected chi connectivity index (χ1v) is 6.45. The van der Waals surface area contributed by atoms with Crippen molar-refractivity contribution in [1.29, 1.82) is 5.26 Å². The Morgan fingerprint density at radius 3 is 2.83 bits per heavy atom. The molecule has 0 bridgehead atoms. The highest BCUT2D eigenvalue weighted by molar-refractivity contribution is 5.46. The predicted octanol–water partition coefficient (Wildman–Crippen LogP) is 2.14. The number of benzene rings is 1. The minimum absolute atomic E-state index is 0.0960. The first-order chi connectivity index (χ1) is 8.88. The van der Waals surface area contributed by atoms with Crippen LogP contribution in [-0.2, 0) is 0 Å². The second-order valence-corrected chi connectivity index (χ2v) is 4.50. The highest BCUT2D eigenvalue weighted by Crippen LogP contribution is 2.16. The second-order valence-electron chi connectivity index (χ2n) is 4.50. The lowest BCUT2D eigenvalue weighted by atomic mass is 10.1. The lowest BCUT2D eigenvalue weighted by Crippen LogP contribution is -2.39. The largest absolute Gasteiger partial charge is 0.479 e. The van der Waals surface area contributed by atoms with Gasteiger partial charge in [0.05, 0.1) is 0 Å². The maximum Gasteiger partial charge on any atom is 0.174 e. The van der Waals surface area contributed by atoms with E-state index in [1.165, 1.54) is 19.3 Å². The van der Waals surface area contributed by atoms with Crippen LogP contribution in [0.1, 0.15) is 19.3 Å². The minimum Gasteiger partial charge on any atom is -0.479 e. The van der Waals surface area contributed by atoms with Crippen molar-refractivity contribution in [3.8, 4) is 11.8 Å². The number of hydrogen-bond donors (Lipinski definition) is 2. The average molecular weight is 245 g/mol. The van der Waals surface area contributed by atoms with Crippen molar-refractivity contribution in [3.63, 3.8) is 0 Å². The van der Waals surface area contributed by atoms with Crippen LogP contribution >= 0.6 is 0 Å². The molecule has 1 fully saturated rings. The monoisotopic (exact) mass is 245 g/mol. The normalized spacial score (nSPS) is 18.9. The molecule has 1 heterocycles. The van der Waals surface area contributed by atoms with E-state index in [0.29, 0.717) is 6.04 Å². The standard InChI is InChI=1S/C14H19N3O/c15-8-10-18-14-6-4-12(5-7-14)17-11-13-3-1-2-9-16-13/h4-7,13,16-17H,1-3,9-11H2. The summed E-state index contributed by atoms with van der Waals surface area (Å²) < 4.78 is 5.20. The number of hydrogen-bond acceptors (Lipinski definition) is 4. The van der Waals surface area contributed by atoms with Gasteiger partial charge in [-0.2, -0.15) is 5.26 Å². The van der Waals surface area contributed by atoms with Crippen molar-refractivity contribution in [2.75, 3.05) is 25.0 Å². The Morgan fingerprint density at radius 2 is 2.17 bits per heavy atom. The maximum atomic E-state index is 8.42. The lowest BCUT2D eigenvalue weighted by molar-refractivity contribution is 0.368. The second kappa shape index (κ2) is 6.87. The van der Waals surface area contributed by atoms with Crippen LogP contribution in [0.15, 0.2) is 24.3 Å². The summed E-state index contributed by atoms with van der Waals surface area (Å²) in [6.07, 6.45) is 3.86. The molecule has 1 aliphatic rings. The molecule has 0 aromatic heterocycles. The predicted molar refractivity (Wildman–Crippen MR) is 71.7 cm³/mol. The Kier molecular flexibility index (Phi) is 4.86. The molecule has 2 N–H and O–H groups in total. The van der Waals surface area contributed by atoms with Gasteiger partial charge >= 0.3 is 0 Å². The summed E-state index contributed by atoms with van der Waals surface area (Å²) in [4.78, 5) is 0. The van der Waals surface area contributed by atoms with E-state index in [0.717, 1.165) is 24.5 Å². The molecule has 0 radical (unpaired) electrons. The number of rotatable bonds is 5. The van der Waals surface area contributed by atoms with Crippen molar-refractivity contribution in [3.05, 3.63) is 24.3 Å². The maximum absolute atomic E-state index is 8.42. The third-order valence-electron chi connectivity index (χ3n) is 3.12. The topological polar surface area (TPSA) is 57.1 Å². The zero-order valence-corrected chi connectivity index (χ0v) is 10.5. The van der Waals surface area contributed by atoms with Crippen molar-refractivity contribution < 1.29 is 4.74 Å². The minimum atomic E-state index is 0.0960. The van der Waals surface area contributed by atoms with Crippen LogP contribution in [-0.4, -0.2) is 25.7 Å². The zero-order chi connectivity index (χ0) is 12.6. The van der Waals surface area contributed by atoms with Gasteiger partial charge in [-0.1, -0.05) is 6.42 Å². The van der Waals surface area contributed by atoms with Gasteiger partial charge in [-0.05, 0) is 43.7 Å². The van der Waals surface area contributed by atoms with E-state index in [-0.39, 0.29) is 6.61 Å². The molecule has 1 atom stereocenters. The van der Waals surface area contributed by atoms with E-state index >= 15 is 0 Å². The summed E-state index contributed by atoms with van der Waals surface area (Å²) in [7, 11) is 0. The van der Waals surface area contributed by atoms with Crippen LogP contribution < -0.4 is 15.4 Å². The van der Waals surface area contributed by atoms with Crippen LogP contribution in [0.4, 0.5) is 5.69 Å². The van der Waals surface area contributed by atoms with Gasteiger partial charge < -0.3 is 15.4 Å². The highest BCUT2D eigenvalue weighted by atomic mass is 16.5. The van der Waals surface area contributed by atoms with Crippen molar-refractivity contribution in [1.82, 2.24) is 5.32 Å². The molecule has 4 nitrogen and oxygen atoms in total. The van der Waals surface area contributed by atoms with Crippen LogP contribution in [0.3, 0.4) is 0 Å². The first-order valence-electron chi connectivity index (χ1n) is 6.45. The van der Waals surface area contributed by atoms with E-state index in [1.54, 1.807) is 0 Å². The molecule has 0 amide bonds. The van der Waals surface area contributed by atoms with Gasteiger partial charge in [-0.3, -0.25) is 0 Å². The number of piperidine rings is 1. The smallest absolute Gasteiger partial charge is 0.174 e. The van der Waals surface area contributed by atoms with Crippen LogP contribution in [0.2, 0.25) is 0 Å². The van der Waals surface area contributed by atoms with Gasteiger partial charge in [-0.25, -0.2) is 0 Å². The van der Waals surface area contributed by atoms with Gasteiger partial charge in [0.25, 0.3) is 0 Å². The quantitative estimate of drug-likeness (QED) is 0.834. The third-order valence-corrected chi connectivity index (χ3v) is 3.12. The van der Waals surface area contributed by atoms with Gasteiger partial charge in [0.15, 0.2) is 6.61 Å². The lowest BCUT2D eigenvalue weighted by Gasteiger charge is -2.24. The van der Waals surface area contributed by atoms with Crippen LogP contribution in [0.25, 0.3) is 0 Å². The molecule has 96 valence electrons. The van der Waals surface area contributed by atoms with E-state index in [4.69, 9.17) is 10.00 Å². The molecule has 18 heavy (non-hydrogen) atoms. The molecule has 1 aliphatic heterocycles. The Labute approximate surface area is 108 Å². The fourth-order valence-electron chi connectivity index (χ4n) is 2.12. The number of anilines is 1. The van der Waals surface area contributed by atoms with Gasteiger partial charge in [0.1, 0.15) is 11.8 Å². The van der Waals surface area contributed by atoms with E-state index in [9.17, 15) is 0 Å². The molecule has 0 spiro atoms. The van der Waals surface area contributed by atoms with Gasteiger partial charge in [0.2, 0.25) is 0 Å². The molecule has 1 aromatic carbocycles. The Bertz CT molecular complexity index is 390. The number of ether oxygens (including phenoxy) is 1. The van der Waals surface area contributed by atoms with Crippen LogP contribution in [0.5, 0.6) is 5.75 Å². The summed E-state index contributed by atoms with van der Waals surface area (Å²) in [6.45, 7) is 2.18. The summed E-state index contributed by atoms with van der Waals surface area (Å²) in [6, 6.07) is 10.3. The zero-order valence-electron chi connectivity index (χ0n) is 10.5. The Balaban J connectivity index is 1.77. The molecule has 1 aromatic rings. The molecule has 0 saturated carbocycles. The molecule has 0 aliphatic carbocycles. The number of nitrogens with one attached hydrogen (secondary N) is 2. The molecular formula is C14H19N3O. The molecule has 1 unspecified atom stereocenters. The summed E-state index contributed by atoms with van der Waals surface area (Å²) in [5, 5.41) is 15.3. The average Bonchev–Trinajstić information content (AvgIpc) is 2.45. The highest BCUT2D eigenvalue weighted by Gasteiger charge is 2.11. The van der Waals surface area contributed by atoms with E-state index in [1.807, 2.05) is 30.3 Å². The van der Waals surface area contributed by atoms with Crippen LogP contribution in [0, 0.1) is 11.3 Å². The Hall–Kier alpha value is -1.73. The summed E-state index contributed by atoms with van der Waals surface area (Å²) >= 11 is 0. The fraction of sp³-hybridized carbons (Fsp3) is 0.500. The summed E-state index contributed by atoms with van der Waals surface area (Å²) in [5.74, 6) is 0.734. The van der Waals surface area contributed by atoms with Crippen molar-refractivity contribution >= 4 is 5.69 Å². The molecular weight excluding hydrogens is 226 g/mol. The molecule has 4 heteroatoms. The van der Waals surface area contributed by atoms with E-state index < -0.39 is 0 Å². The summed E-state index contributed by atoms with van der Waals surface area (Å²) in [5.41, 5.74) is 1.09. The molecule has 2 rings (SSSR count). The molecule has 1 saturated heterocycles.